The summed E-state index contributed by atoms with van der Waals surface area (Å²) < 4.78 is 19.4. The van der Waals surface area contributed by atoms with Crippen LogP contribution in [0.15, 0.2) is 18.2 Å². The smallest absolute Gasteiger partial charge is 0.305 e. The monoisotopic (exact) mass is 329 g/mol. The van der Waals surface area contributed by atoms with Crippen molar-refractivity contribution in [1.29, 1.82) is 0 Å². The van der Waals surface area contributed by atoms with Gasteiger partial charge in [0.05, 0.1) is 18.1 Å². The highest BCUT2D eigenvalue weighted by Gasteiger charge is 2.25. The van der Waals surface area contributed by atoms with E-state index < -0.39 is 17.7 Å². The van der Waals surface area contributed by atoms with Crippen LogP contribution in [0.4, 0.5) is 4.39 Å². The zero-order valence-electron chi connectivity index (χ0n) is 11.9. The van der Waals surface area contributed by atoms with E-state index in [1.807, 2.05) is 0 Å². The Morgan fingerprint density at radius 1 is 1.45 bits per heavy atom. The lowest BCUT2D eigenvalue weighted by atomic mass is 10.1. The maximum Gasteiger partial charge on any atom is 0.305 e. The van der Waals surface area contributed by atoms with Crippen molar-refractivity contribution < 1.29 is 23.8 Å². The number of aliphatic carboxylic acids is 1. The number of carboxylic acid groups (broad SMARTS) is 1. The quantitative estimate of drug-likeness (QED) is 0.871. The van der Waals surface area contributed by atoms with E-state index in [2.05, 4.69) is 0 Å². The molecule has 0 bridgehead atoms. The summed E-state index contributed by atoms with van der Waals surface area (Å²) in [5.41, 5.74) is -0.118. The van der Waals surface area contributed by atoms with Crippen LogP contribution in [0.2, 0.25) is 5.02 Å². The Balaban J connectivity index is 2.14. The Morgan fingerprint density at radius 3 is 2.82 bits per heavy atom. The van der Waals surface area contributed by atoms with Gasteiger partial charge in [0.1, 0.15) is 5.82 Å². The predicted octanol–water partition coefficient (Wildman–Crippen LogP) is 2.58. The van der Waals surface area contributed by atoms with E-state index in [4.69, 9.17) is 21.4 Å². The van der Waals surface area contributed by atoms with Gasteiger partial charge in [-0.05, 0) is 31.0 Å². The maximum atomic E-state index is 13.9. The fourth-order valence-electron chi connectivity index (χ4n) is 2.37. The second kappa shape index (κ2) is 7.56. The SMILES string of the molecule is O=C(O)CCN(CC1CCCO1)C(=O)c1ccc(Cl)cc1F. The van der Waals surface area contributed by atoms with Crippen LogP contribution in [0, 0.1) is 5.82 Å². The lowest BCUT2D eigenvalue weighted by Crippen LogP contribution is -2.39. The van der Waals surface area contributed by atoms with Gasteiger partial charge in [0.2, 0.25) is 0 Å². The number of halogens is 2. The van der Waals surface area contributed by atoms with Crippen LogP contribution in [-0.4, -0.2) is 47.7 Å². The Kier molecular flexibility index (Phi) is 5.74. The molecule has 1 amide bonds. The second-order valence-corrected chi connectivity index (χ2v) is 5.59. The van der Waals surface area contributed by atoms with E-state index in [1.54, 1.807) is 0 Å². The molecule has 1 aliphatic heterocycles. The lowest BCUT2D eigenvalue weighted by molar-refractivity contribution is -0.137. The lowest BCUT2D eigenvalue weighted by Gasteiger charge is -2.25. The first-order valence-electron chi connectivity index (χ1n) is 7.05. The van der Waals surface area contributed by atoms with Gasteiger partial charge in [-0.3, -0.25) is 9.59 Å². The average Bonchev–Trinajstić information content (AvgIpc) is 2.95. The van der Waals surface area contributed by atoms with Crippen LogP contribution in [0.1, 0.15) is 29.6 Å². The number of nitrogens with zero attached hydrogens (tertiary/aromatic N) is 1. The minimum atomic E-state index is -1.01. The van der Waals surface area contributed by atoms with E-state index in [9.17, 15) is 14.0 Å². The van der Waals surface area contributed by atoms with Gasteiger partial charge in [-0.2, -0.15) is 0 Å². The number of ether oxygens (including phenoxy) is 1. The molecule has 120 valence electrons. The normalized spacial score (nSPS) is 17.5. The summed E-state index contributed by atoms with van der Waals surface area (Å²) in [4.78, 5) is 24.6. The second-order valence-electron chi connectivity index (χ2n) is 5.15. The number of carbonyl (C=O) groups excluding carboxylic acids is 1. The summed E-state index contributed by atoms with van der Waals surface area (Å²) in [6, 6.07) is 3.80. The molecule has 1 N–H and O–H groups in total. The first kappa shape index (κ1) is 16.7. The molecular formula is C15H17ClFNO4. The fraction of sp³-hybridized carbons (Fsp3) is 0.467. The molecule has 0 saturated carbocycles. The minimum Gasteiger partial charge on any atom is -0.481 e. The van der Waals surface area contributed by atoms with E-state index in [0.29, 0.717) is 6.61 Å². The summed E-state index contributed by atoms with van der Waals surface area (Å²) in [5, 5.41) is 9.01. The zero-order chi connectivity index (χ0) is 16.1. The molecule has 1 atom stereocenters. The molecule has 1 aromatic carbocycles. The highest BCUT2D eigenvalue weighted by molar-refractivity contribution is 6.30. The van der Waals surface area contributed by atoms with Gasteiger partial charge < -0.3 is 14.7 Å². The summed E-state index contributed by atoms with van der Waals surface area (Å²) in [5.74, 6) is -2.28. The van der Waals surface area contributed by atoms with Crippen molar-refractivity contribution >= 4 is 23.5 Å². The number of hydrogen-bond donors (Lipinski definition) is 1. The molecule has 0 radical (unpaired) electrons. The molecule has 0 aliphatic carbocycles. The number of benzene rings is 1. The largest absolute Gasteiger partial charge is 0.481 e. The van der Waals surface area contributed by atoms with Crippen LogP contribution >= 0.6 is 11.6 Å². The van der Waals surface area contributed by atoms with Crippen molar-refractivity contribution in [3.05, 3.63) is 34.6 Å². The predicted molar refractivity (Wildman–Crippen MR) is 78.5 cm³/mol. The number of amides is 1. The van der Waals surface area contributed by atoms with Crippen LogP contribution in [0.5, 0.6) is 0 Å². The molecule has 1 saturated heterocycles. The van der Waals surface area contributed by atoms with Crippen molar-refractivity contribution in [3.8, 4) is 0 Å². The molecule has 1 fully saturated rings. The van der Waals surface area contributed by atoms with Gasteiger partial charge in [0.25, 0.3) is 5.91 Å². The van der Waals surface area contributed by atoms with Crippen LogP contribution < -0.4 is 0 Å². The molecule has 1 aliphatic rings. The molecule has 0 aromatic heterocycles. The molecule has 1 unspecified atom stereocenters. The van der Waals surface area contributed by atoms with Crippen molar-refractivity contribution in [2.45, 2.75) is 25.4 Å². The maximum absolute atomic E-state index is 13.9. The summed E-state index contributed by atoms with van der Waals surface area (Å²) in [6.07, 6.45) is 1.38. The Morgan fingerprint density at radius 2 is 2.23 bits per heavy atom. The molecule has 1 heterocycles. The Labute approximate surface area is 132 Å². The van der Waals surface area contributed by atoms with Crippen molar-refractivity contribution in [2.24, 2.45) is 0 Å². The first-order valence-corrected chi connectivity index (χ1v) is 7.43. The van der Waals surface area contributed by atoms with Crippen LogP contribution in [0.3, 0.4) is 0 Å². The van der Waals surface area contributed by atoms with Gasteiger partial charge in [0.15, 0.2) is 0 Å². The third-order valence-electron chi connectivity index (χ3n) is 3.49. The van der Waals surface area contributed by atoms with Gasteiger partial charge in [0, 0.05) is 24.7 Å². The standard InChI is InChI=1S/C15H17ClFNO4/c16-10-3-4-12(13(17)8-10)15(21)18(6-5-14(19)20)9-11-2-1-7-22-11/h3-4,8,11H,1-2,5-7,9H2,(H,19,20). The third kappa shape index (κ3) is 4.42. The number of carbonyl (C=O) groups is 2. The van der Waals surface area contributed by atoms with Gasteiger partial charge in [-0.15, -0.1) is 0 Å². The van der Waals surface area contributed by atoms with Gasteiger partial charge in [-0.1, -0.05) is 11.6 Å². The summed E-state index contributed by atoms with van der Waals surface area (Å²) in [6.45, 7) is 0.894. The van der Waals surface area contributed by atoms with E-state index in [0.717, 1.165) is 18.9 Å². The Hall–Kier alpha value is -1.66. The summed E-state index contributed by atoms with van der Waals surface area (Å²) >= 11 is 5.68. The van der Waals surface area contributed by atoms with E-state index in [-0.39, 0.29) is 36.2 Å². The number of rotatable bonds is 6. The molecule has 1 aromatic rings. The topological polar surface area (TPSA) is 66.8 Å². The molecule has 2 rings (SSSR count). The molecule has 22 heavy (non-hydrogen) atoms. The van der Waals surface area contributed by atoms with Crippen molar-refractivity contribution in [3.63, 3.8) is 0 Å². The molecular weight excluding hydrogens is 313 g/mol. The average molecular weight is 330 g/mol. The molecule has 7 heteroatoms. The minimum absolute atomic E-state index is 0.0100. The van der Waals surface area contributed by atoms with Crippen molar-refractivity contribution in [2.75, 3.05) is 19.7 Å². The highest BCUT2D eigenvalue weighted by atomic mass is 35.5. The zero-order valence-corrected chi connectivity index (χ0v) is 12.7. The molecule has 0 spiro atoms. The van der Waals surface area contributed by atoms with Crippen LogP contribution in [0.25, 0.3) is 0 Å². The third-order valence-corrected chi connectivity index (χ3v) is 3.73. The van der Waals surface area contributed by atoms with Crippen LogP contribution in [-0.2, 0) is 9.53 Å². The fourth-order valence-corrected chi connectivity index (χ4v) is 2.53. The van der Waals surface area contributed by atoms with E-state index >= 15 is 0 Å². The van der Waals surface area contributed by atoms with Gasteiger partial charge >= 0.3 is 5.97 Å². The highest BCUT2D eigenvalue weighted by Crippen LogP contribution is 2.19. The number of hydrogen-bond acceptors (Lipinski definition) is 3. The molecule has 5 nitrogen and oxygen atoms in total. The first-order chi connectivity index (χ1) is 10.5. The summed E-state index contributed by atoms with van der Waals surface area (Å²) in [7, 11) is 0. The number of carboxylic acids is 1. The Bertz CT molecular complexity index is 560. The van der Waals surface area contributed by atoms with Crippen molar-refractivity contribution in [1.82, 2.24) is 4.90 Å². The van der Waals surface area contributed by atoms with Gasteiger partial charge in [-0.25, -0.2) is 4.39 Å². The van der Waals surface area contributed by atoms with E-state index in [1.165, 1.54) is 17.0 Å².